The van der Waals surface area contributed by atoms with Crippen molar-refractivity contribution in [3.8, 4) is 0 Å². The summed E-state index contributed by atoms with van der Waals surface area (Å²) in [6.07, 6.45) is 5.45. The predicted octanol–water partition coefficient (Wildman–Crippen LogP) is 5.09. The average Bonchev–Trinajstić information content (AvgIpc) is 2.77. The van der Waals surface area contributed by atoms with Crippen LogP contribution in [0, 0.1) is 5.92 Å². The van der Waals surface area contributed by atoms with E-state index >= 15 is 0 Å². The molecule has 144 valence electrons. The smallest absolute Gasteiger partial charge is 0.227 e. The lowest BCUT2D eigenvalue weighted by atomic mass is 9.90. The molecule has 4 nitrogen and oxygen atoms in total. The number of rotatable bonds is 6. The Kier molecular flexibility index (Phi) is 5.86. The van der Waals surface area contributed by atoms with Crippen LogP contribution >= 0.6 is 0 Å². The normalized spacial score (nSPS) is 14.8. The summed E-state index contributed by atoms with van der Waals surface area (Å²) in [5, 5.41) is 0. The molecule has 28 heavy (non-hydrogen) atoms. The molecule has 1 saturated heterocycles. The van der Waals surface area contributed by atoms with Crippen molar-refractivity contribution in [1.29, 1.82) is 0 Å². The van der Waals surface area contributed by atoms with Gasteiger partial charge in [-0.05, 0) is 55.9 Å². The van der Waals surface area contributed by atoms with Crippen molar-refractivity contribution in [1.82, 2.24) is 9.97 Å². The largest absolute Gasteiger partial charge is 0.341 e. The second kappa shape index (κ2) is 8.87. The number of benzene rings is 2. The maximum Gasteiger partial charge on any atom is 0.227 e. The molecular formula is C24H28N4. The van der Waals surface area contributed by atoms with E-state index in [-0.39, 0.29) is 0 Å². The molecule has 2 heterocycles. The van der Waals surface area contributed by atoms with Crippen LogP contribution in [-0.4, -0.2) is 29.6 Å². The fourth-order valence-corrected chi connectivity index (χ4v) is 4.01. The summed E-state index contributed by atoms with van der Waals surface area (Å²) in [5.74, 6) is 2.56. The van der Waals surface area contributed by atoms with Gasteiger partial charge >= 0.3 is 0 Å². The molecule has 1 aliphatic heterocycles. The Bertz CT molecular complexity index is 858. The minimum Gasteiger partial charge on any atom is -0.341 e. The van der Waals surface area contributed by atoms with Gasteiger partial charge in [0.2, 0.25) is 5.95 Å². The third kappa shape index (κ3) is 4.33. The van der Waals surface area contributed by atoms with Gasteiger partial charge in [-0.15, -0.1) is 0 Å². The molecule has 0 radical (unpaired) electrons. The van der Waals surface area contributed by atoms with E-state index in [2.05, 4.69) is 76.3 Å². The molecule has 1 aromatic heterocycles. The fraction of sp³-hybridized carbons (Fsp3) is 0.333. The van der Waals surface area contributed by atoms with Crippen LogP contribution in [0.2, 0.25) is 0 Å². The zero-order chi connectivity index (χ0) is 19.2. The van der Waals surface area contributed by atoms with E-state index in [1.165, 1.54) is 24.8 Å². The number of piperidine rings is 1. The molecule has 4 rings (SSSR count). The second-order valence-corrected chi connectivity index (χ2v) is 7.41. The Balaban J connectivity index is 1.42. The summed E-state index contributed by atoms with van der Waals surface area (Å²) >= 11 is 0. The molecular weight excluding hydrogens is 344 g/mol. The lowest BCUT2D eigenvalue weighted by Crippen LogP contribution is -2.35. The van der Waals surface area contributed by atoms with Gasteiger partial charge in [0.1, 0.15) is 5.82 Å². The molecule has 1 fully saturated rings. The van der Waals surface area contributed by atoms with Gasteiger partial charge in [-0.2, -0.15) is 4.98 Å². The molecule has 0 aliphatic carbocycles. The molecule has 3 aromatic rings. The van der Waals surface area contributed by atoms with Gasteiger partial charge in [0.05, 0.1) is 0 Å². The lowest BCUT2D eigenvalue weighted by molar-refractivity contribution is 0.400. The molecule has 0 bridgehead atoms. The minimum absolute atomic E-state index is 0.748. The fourth-order valence-electron chi connectivity index (χ4n) is 4.01. The highest BCUT2D eigenvalue weighted by Gasteiger charge is 2.22. The number of para-hydroxylation sites is 1. The van der Waals surface area contributed by atoms with Gasteiger partial charge in [-0.3, -0.25) is 0 Å². The van der Waals surface area contributed by atoms with Crippen molar-refractivity contribution in [3.05, 3.63) is 78.5 Å². The van der Waals surface area contributed by atoms with Crippen LogP contribution in [0.15, 0.2) is 72.9 Å². The second-order valence-electron chi connectivity index (χ2n) is 7.41. The van der Waals surface area contributed by atoms with Gasteiger partial charge in [0.15, 0.2) is 0 Å². The zero-order valence-electron chi connectivity index (χ0n) is 16.5. The van der Waals surface area contributed by atoms with E-state index < -0.39 is 0 Å². The van der Waals surface area contributed by atoms with E-state index in [0.29, 0.717) is 0 Å². The maximum atomic E-state index is 4.89. The van der Waals surface area contributed by atoms with Crippen LogP contribution in [0.4, 0.5) is 17.5 Å². The minimum atomic E-state index is 0.748. The molecule has 1 aliphatic rings. The van der Waals surface area contributed by atoms with E-state index in [9.17, 15) is 0 Å². The van der Waals surface area contributed by atoms with Crippen molar-refractivity contribution < 1.29 is 0 Å². The number of aromatic nitrogens is 2. The molecule has 0 spiro atoms. The lowest BCUT2D eigenvalue weighted by Gasteiger charge is -2.32. The first-order chi connectivity index (χ1) is 13.8. The first-order valence-corrected chi connectivity index (χ1v) is 10.3. The Hall–Kier alpha value is -2.88. The number of hydrogen-bond donors (Lipinski definition) is 0. The van der Waals surface area contributed by atoms with E-state index in [4.69, 9.17) is 4.98 Å². The quantitative estimate of drug-likeness (QED) is 0.603. The maximum absolute atomic E-state index is 4.89. The van der Waals surface area contributed by atoms with Crippen molar-refractivity contribution in [2.75, 3.05) is 29.4 Å². The van der Waals surface area contributed by atoms with Gasteiger partial charge in [-0.1, -0.05) is 48.5 Å². The molecule has 0 atom stereocenters. The van der Waals surface area contributed by atoms with Crippen LogP contribution in [0.25, 0.3) is 0 Å². The highest BCUT2D eigenvalue weighted by molar-refractivity contribution is 5.60. The third-order valence-corrected chi connectivity index (χ3v) is 5.55. The monoisotopic (exact) mass is 372 g/mol. The van der Waals surface area contributed by atoms with Crippen LogP contribution in [0.3, 0.4) is 0 Å². The topological polar surface area (TPSA) is 32.3 Å². The van der Waals surface area contributed by atoms with Crippen molar-refractivity contribution in [2.24, 2.45) is 5.92 Å². The van der Waals surface area contributed by atoms with Crippen molar-refractivity contribution in [3.63, 3.8) is 0 Å². The summed E-state index contributed by atoms with van der Waals surface area (Å²) in [4.78, 5) is 14.0. The highest BCUT2D eigenvalue weighted by Crippen LogP contribution is 2.27. The molecule has 4 heteroatoms. The van der Waals surface area contributed by atoms with E-state index in [1.807, 2.05) is 18.3 Å². The van der Waals surface area contributed by atoms with Crippen LogP contribution < -0.4 is 9.80 Å². The van der Waals surface area contributed by atoms with Gasteiger partial charge < -0.3 is 9.80 Å². The standard InChI is InChI=1S/C24H28N4/c1-2-28(22-11-7-4-8-12-22)23-13-16-25-24(26-23)27-17-14-21(15-18-27)19-20-9-5-3-6-10-20/h3-13,16,21H,2,14-15,17-19H2,1H3. The Morgan fingerprint density at radius 3 is 2.29 bits per heavy atom. The number of hydrogen-bond acceptors (Lipinski definition) is 4. The summed E-state index contributed by atoms with van der Waals surface area (Å²) in [5.41, 5.74) is 2.61. The molecule has 2 aromatic carbocycles. The molecule has 0 amide bonds. The van der Waals surface area contributed by atoms with Crippen LogP contribution in [0.1, 0.15) is 25.3 Å². The third-order valence-electron chi connectivity index (χ3n) is 5.55. The number of anilines is 3. The molecule has 0 saturated carbocycles. The Labute approximate surface area is 167 Å². The molecule has 0 unspecified atom stereocenters. The zero-order valence-corrected chi connectivity index (χ0v) is 16.5. The summed E-state index contributed by atoms with van der Waals surface area (Å²) in [6, 6.07) is 23.3. The Morgan fingerprint density at radius 1 is 0.929 bits per heavy atom. The first-order valence-electron chi connectivity index (χ1n) is 10.3. The van der Waals surface area contributed by atoms with Crippen LogP contribution in [0.5, 0.6) is 0 Å². The summed E-state index contributed by atoms with van der Waals surface area (Å²) < 4.78 is 0. The summed E-state index contributed by atoms with van der Waals surface area (Å²) in [7, 11) is 0. The van der Waals surface area contributed by atoms with Crippen molar-refractivity contribution in [2.45, 2.75) is 26.2 Å². The summed E-state index contributed by atoms with van der Waals surface area (Å²) in [6.45, 7) is 5.08. The number of nitrogens with zero attached hydrogens (tertiary/aromatic N) is 4. The predicted molar refractivity (Wildman–Crippen MR) is 116 cm³/mol. The van der Waals surface area contributed by atoms with Crippen molar-refractivity contribution >= 4 is 17.5 Å². The van der Waals surface area contributed by atoms with E-state index in [1.54, 1.807) is 0 Å². The van der Waals surface area contributed by atoms with E-state index in [0.717, 1.165) is 43.0 Å². The first kappa shape index (κ1) is 18.5. The van der Waals surface area contributed by atoms with Gasteiger partial charge in [-0.25, -0.2) is 4.98 Å². The highest BCUT2D eigenvalue weighted by atomic mass is 15.3. The average molecular weight is 373 g/mol. The van der Waals surface area contributed by atoms with Gasteiger partial charge in [0, 0.05) is 31.5 Å². The SMILES string of the molecule is CCN(c1ccccc1)c1ccnc(N2CCC(Cc3ccccc3)CC2)n1. The van der Waals surface area contributed by atoms with Crippen LogP contribution in [-0.2, 0) is 6.42 Å². The molecule has 0 N–H and O–H groups in total. The van der Waals surface area contributed by atoms with Gasteiger partial charge in [0.25, 0.3) is 0 Å². The Morgan fingerprint density at radius 2 is 1.61 bits per heavy atom.